The van der Waals surface area contributed by atoms with Crippen molar-refractivity contribution in [3.8, 4) is 0 Å². The van der Waals surface area contributed by atoms with Crippen LogP contribution in [-0.4, -0.2) is 47.7 Å². The van der Waals surface area contributed by atoms with Gasteiger partial charge in [-0.25, -0.2) is 0 Å². The van der Waals surface area contributed by atoms with E-state index in [0.29, 0.717) is 19.7 Å². The number of carbonyl (C=O) groups excluding carboxylic acids is 1. The summed E-state index contributed by atoms with van der Waals surface area (Å²) >= 11 is 0. The van der Waals surface area contributed by atoms with Crippen LogP contribution < -0.4 is 0 Å². The van der Waals surface area contributed by atoms with Crippen LogP contribution in [0.25, 0.3) is 0 Å². The molecule has 1 aliphatic heterocycles. The Morgan fingerprint density at radius 1 is 1.36 bits per heavy atom. The maximum Gasteiger partial charge on any atom is 0.306 e. The highest BCUT2D eigenvalue weighted by atomic mass is 16.5. The van der Waals surface area contributed by atoms with Gasteiger partial charge in [0.25, 0.3) is 0 Å². The molecule has 22 heavy (non-hydrogen) atoms. The van der Waals surface area contributed by atoms with Crippen LogP contribution in [0.15, 0.2) is 24.3 Å². The van der Waals surface area contributed by atoms with Crippen molar-refractivity contribution in [1.29, 1.82) is 0 Å². The highest BCUT2D eigenvalue weighted by Gasteiger charge is 2.54. The number of aryl methyl sites for hydroxylation is 1. The van der Waals surface area contributed by atoms with E-state index in [1.165, 1.54) is 0 Å². The molecule has 1 atom stereocenters. The summed E-state index contributed by atoms with van der Waals surface area (Å²) in [6.07, 6.45) is 1.29. The van der Waals surface area contributed by atoms with Crippen LogP contribution in [0.3, 0.4) is 0 Å². The highest BCUT2D eigenvalue weighted by molar-refractivity contribution is 5.91. The lowest BCUT2D eigenvalue weighted by Gasteiger charge is -2.35. The lowest BCUT2D eigenvalue weighted by molar-refractivity contribution is -0.149. The quantitative estimate of drug-likeness (QED) is 0.920. The standard InChI is InChI=1S/C17H21NO4/c1-12-4-2-3-5-14(12)17(6-7-17)16(21)18-8-9-22-13(11-18)10-15(19)20/h2-5,13H,6-11H2,1H3,(H,19,20)/t13-/m0/s1. The van der Waals surface area contributed by atoms with Gasteiger partial charge in [-0.3, -0.25) is 9.59 Å². The van der Waals surface area contributed by atoms with Gasteiger partial charge in [-0.1, -0.05) is 24.3 Å². The van der Waals surface area contributed by atoms with Crippen LogP contribution in [0.5, 0.6) is 0 Å². The summed E-state index contributed by atoms with van der Waals surface area (Å²) in [7, 11) is 0. The van der Waals surface area contributed by atoms with E-state index in [0.717, 1.165) is 24.0 Å². The topological polar surface area (TPSA) is 66.8 Å². The molecule has 0 radical (unpaired) electrons. The number of ether oxygens (including phenoxy) is 1. The SMILES string of the molecule is Cc1ccccc1C1(C(=O)N2CCO[C@@H](CC(=O)O)C2)CC1. The van der Waals surface area contributed by atoms with Gasteiger partial charge in [0.1, 0.15) is 0 Å². The molecular weight excluding hydrogens is 282 g/mol. The van der Waals surface area contributed by atoms with E-state index in [1.54, 1.807) is 4.90 Å². The average molecular weight is 303 g/mol. The number of rotatable bonds is 4. The van der Waals surface area contributed by atoms with Gasteiger partial charge in [-0.05, 0) is 30.9 Å². The van der Waals surface area contributed by atoms with E-state index in [2.05, 4.69) is 0 Å². The number of amides is 1. The van der Waals surface area contributed by atoms with Crippen molar-refractivity contribution < 1.29 is 19.4 Å². The number of carboxylic acids is 1. The molecule has 1 saturated carbocycles. The molecule has 1 N–H and O–H groups in total. The van der Waals surface area contributed by atoms with Gasteiger partial charge in [0, 0.05) is 13.1 Å². The van der Waals surface area contributed by atoms with Gasteiger partial charge in [0.2, 0.25) is 5.91 Å². The number of hydrogen-bond acceptors (Lipinski definition) is 3. The first-order chi connectivity index (χ1) is 10.5. The first kappa shape index (κ1) is 15.0. The minimum absolute atomic E-state index is 0.0544. The van der Waals surface area contributed by atoms with E-state index < -0.39 is 17.5 Å². The molecule has 0 unspecified atom stereocenters. The molecule has 1 saturated heterocycles. The zero-order valence-corrected chi connectivity index (χ0v) is 12.7. The second-order valence-electron chi connectivity index (χ2n) is 6.24. The molecule has 1 aromatic rings. The highest BCUT2D eigenvalue weighted by Crippen LogP contribution is 2.50. The molecule has 1 aromatic carbocycles. The fourth-order valence-electron chi connectivity index (χ4n) is 3.36. The first-order valence-electron chi connectivity index (χ1n) is 7.72. The van der Waals surface area contributed by atoms with Crippen LogP contribution >= 0.6 is 0 Å². The Morgan fingerprint density at radius 2 is 2.09 bits per heavy atom. The molecule has 0 spiro atoms. The number of nitrogens with zero attached hydrogens (tertiary/aromatic N) is 1. The third kappa shape index (κ3) is 2.73. The third-order valence-electron chi connectivity index (χ3n) is 4.65. The first-order valence-corrected chi connectivity index (χ1v) is 7.72. The normalized spacial score (nSPS) is 23.1. The number of carbonyl (C=O) groups is 2. The molecule has 2 aliphatic rings. The Morgan fingerprint density at radius 3 is 2.73 bits per heavy atom. The summed E-state index contributed by atoms with van der Waals surface area (Å²) in [5.41, 5.74) is 1.86. The Hall–Kier alpha value is -1.88. The predicted molar refractivity (Wildman–Crippen MR) is 80.7 cm³/mol. The number of benzene rings is 1. The Bertz CT molecular complexity index is 594. The van der Waals surface area contributed by atoms with E-state index >= 15 is 0 Å². The van der Waals surface area contributed by atoms with E-state index in [9.17, 15) is 9.59 Å². The molecule has 3 rings (SSSR count). The van der Waals surface area contributed by atoms with Crippen LogP contribution in [0.2, 0.25) is 0 Å². The lowest BCUT2D eigenvalue weighted by atomic mass is 9.90. The van der Waals surface area contributed by atoms with Gasteiger partial charge < -0.3 is 14.7 Å². The number of morpholine rings is 1. The summed E-state index contributed by atoms with van der Waals surface area (Å²) in [5, 5.41) is 8.89. The molecule has 1 amide bonds. The zero-order valence-electron chi connectivity index (χ0n) is 12.7. The van der Waals surface area contributed by atoms with Crippen molar-refractivity contribution in [2.75, 3.05) is 19.7 Å². The average Bonchev–Trinajstić information content (AvgIpc) is 3.28. The van der Waals surface area contributed by atoms with Crippen molar-refractivity contribution in [1.82, 2.24) is 4.90 Å². The molecule has 1 heterocycles. The van der Waals surface area contributed by atoms with Gasteiger partial charge in [0.15, 0.2) is 0 Å². The smallest absolute Gasteiger partial charge is 0.306 e. The predicted octanol–water partition coefficient (Wildman–Crippen LogP) is 1.73. The molecule has 0 bridgehead atoms. The lowest BCUT2D eigenvalue weighted by Crippen LogP contribution is -2.49. The maximum atomic E-state index is 13.0. The minimum Gasteiger partial charge on any atom is -0.481 e. The Kier molecular flexibility index (Phi) is 3.91. The summed E-state index contributed by atoms with van der Waals surface area (Å²) in [4.78, 5) is 25.6. The van der Waals surface area contributed by atoms with E-state index in [-0.39, 0.29) is 12.3 Å². The fraction of sp³-hybridized carbons (Fsp3) is 0.529. The number of hydrogen-bond donors (Lipinski definition) is 1. The minimum atomic E-state index is -0.890. The molecule has 0 aromatic heterocycles. The Labute approximate surface area is 129 Å². The zero-order chi connectivity index (χ0) is 15.7. The molecule has 2 fully saturated rings. The largest absolute Gasteiger partial charge is 0.481 e. The van der Waals surface area contributed by atoms with Crippen LogP contribution in [0.4, 0.5) is 0 Å². The van der Waals surface area contributed by atoms with Gasteiger partial charge in [0.05, 0.1) is 24.5 Å². The van der Waals surface area contributed by atoms with Crippen molar-refractivity contribution in [3.63, 3.8) is 0 Å². The molecule has 1 aliphatic carbocycles. The number of carboxylic acid groups (broad SMARTS) is 1. The van der Waals surface area contributed by atoms with Crippen LogP contribution in [0.1, 0.15) is 30.4 Å². The summed E-state index contributed by atoms with van der Waals surface area (Å²) < 4.78 is 5.46. The van der Waals surface area contributed by atoms with Gasteiger partial charge in [-0.2, -0.15) is 0 Å². The van der Waals surface area contributed by atoms with Crippen LogP contribution in [0, 0.1) is 6.92 Å². The van der Waals surface area contributed by atoms with Crippen LogP contribution in [-0.2, 0) is 19.7 Å². The van der Waals surface area contributed by atoms with Gasteiger partial charge >= 0.3 is 5.97 Å². The third-order valence-corrected chi connectivity index (χ3v) is 4.65. The van der Waals surface area contributed by atoms with Crippen molar-refractivity contribution in [2.45, 2.75) is 37.7 Å². The molecule has 5 nitrogen and oxygen atoms in total. The van der Waals surface area contributed by atoms with Crippen molar-refractivity contribution in [3.05, 3.63) is 35.4 Å². The summed E-state index contributed by atoms with van der Waals surface area (Å²) in [5.74, 6) is -0.764. The fourth-order valence-corrected chi connectivity index (χ4v) is 3.36. The van der Waals surface area contributed by atoms with Crippen molar-refractivity contribution >= 4 is 11.9 Å². The summed E-state index contributed by atoms with van der Waals surface area (Å²) in [6.45, 7) is 3.37. The summed E-state index contributed by atoms with van der Waals surface area (Å²) in [6, 6.07) is 8.03. The second-order valence-corrected chi connectivity index (χ2v) is 6.24. The second kappa shape index (κ2) is 5.72. The molecular formula is C17H21NO4. The monoisotopic (exact) mass is 303 g/mol. The molecule has 5 heteroatoms. The van der Waals surface area contributed by atoms with Gasteiger partial charge in [-0.15, -0.1) is 0 Å². The van der Waals surface area contributed by atoms with E-state index in [4.69, 9.17) is 9.84 Å². The Balaban J connectivity index is 1.76. The molecule has 118 valence electrons. The maximum absolute atomic E-state index is 13.0. The van der Waals surface area contributed by atoms with Crippen molar-refractivity contribution in [2.24, 2.45) is 0 Å². The van der Waals surface area contributed by atoms with E-state index in [1.807, 2.05) is 31.2 Å². The number of aliphatic carboxylic acids is 1.